The molecule has 29 heavy (non-hydrogen) atoms. The molecule has 0 aliphatic carbocycles. The first-order chi connectivity index (χ1) is 13.6. The zero-order valence-corrected chi connectivity index (χ0v) is 17.8. The van der Waals surface area contributed by atoms with Gasteiger partial charge in [0.1, 0.15) is 16.4 Å². The number of amides is 1. The molecular formula is C19H27N5O4S. The summed E-state index contributed by atoms with van der Waals surface area (Å²) in [5.74, 6) is 0.256. The normalized spacial score (nSPS) is 20.0. The van der Waals surface area contributed by atoms with E-state index in [0.29, 0.717) is 13.1 Å². The lowest BCUT2D eigenvalue weighted by Crippen LogP contribution is -2.61. The lowest BCUT2D eigenvalue weighted by atomic mass is 9.91. The molecule has 2 aliphatic rings. The SMILES string of the molecule is CC(C)(C)OC(=O)N1CC(S(=O)(=O)N2CCC(c3c[nH]c4nccnc34)CC2)C1. The van der Waals surface area contributed by atoms with Gasteiger partial charge in [0.05, 0.1) is 0 Å². The zero-order chi connectivity index (χ0) is 20.8. The van der Waals surface area contributed by atoms with Gasteiger partial charge in [-0.2, -0.15) is 0 Å². The summed E-state index contributed by atoms with van der Waals surface area (Å²) in [6.07, 6.45) is 6.28. The Balaban J connectivity index is 1.34. The fourth-order valence-corrected chi connectivity index (χ4v) is 5.79. The Bertz CT molecular complexity index is 999. The third kappa shape index (κ3) is 3.95. The van der Waals surface area contributed by atoms with Gasteiger partial charge in [0.15, 0.2) is 5.65 Å². The van der Waals surface area contributed by atoms with E-state index in [1.165, 1.54) is 4.90 Å². The van der Waals surface area contributed by atoms with Crippen molar-refractivity contribution >= 4 is 27.3 Å². The molecule has 158 valence electrons. The first kappa shape index (κ1) is 20.1. The fourth-order valence-electron chi connectivity index (χ4n) is 3.91. The van der Waals surface area contributed by atoms with Crippen molar-refractivity contribution < 1.29 is 17.9 Å². The Morgan fingerprint density at radius 3 is 2.48 bits per heavy atom. The van der Waals surface area contributed by atoms with Gasteiger partial charge in [0, 0.05) is 50.3 Å². The number of hydrogen-bond donors (Lipinski definition) is 1. The molecule has 0 saturated carbocycles. The molecule has 0 unspecified atom stereocenters. The van der Waals surface area contributed by atoms with Crippen molar-refractivity contribution in [2.45, 2.75) is 50.4 Å². The minimum absolute atomic E-state index is 0.190. The number of aromatic nitrogens is 3. The molecule has 1 N–H and O–H groups in total. The highest BCUT2D eigenvalue weighted by atomic mass is 32.2. The van der Waals surface area contributed by atoms with Gasteiger partial charge in [-0.3, -0.25) is 4.98 Å². The second-order valence-electron chi connectivity index (χ2n) is 8.72. The first-order valence-electron chi connectivity index (χ1n) is 9.90. The standard InChI is InChI=1S/C19H27N5O4S/c1-19(2,3)28-18(25)23-11-14(12-23)29(26,27)24-8-4-13(5-9-24)15-10-22-17-16(15)20-6-7-21-17/h6-7,10,13-14H,4-5,8-9,11-12H2,1-3H3,(H,21,22). The van der Waals surface area contributed by atoms with Gasteiger partial charge < -0.3 is 14.6 Å². The predicted octanol–water partition coefficient (Wildman–Crippen LogP) is 2.09. The van der Waals surface area contributed by atoms with Gasteiger partial charge in [-0.05, 0) is 39.5 Å². The summed E-state index contributed by atoms with van der Waals surface area (Å²) in [5.41, 5.74) is 2.13. The van der Waals surface area contributed by atoms with Crippen molar-refractivity contribution in [1.29, 1.82) is 0 Å². The molecule has 9 nitrogen and oxygen atoms in total. The van der Waals surface area contributed by atoms with E-state index < -0.39 is 27.0 Å². The Morgan fingerprint density at radius 2 is 1.83 bits per heavy atom. The van der Waals surface area contributed by atoms with Gasteiger partial charge in [0.2, 0.25) is 10.0 Å². The van der Waals surface area contributed by atoms with Crippen LogP contribution >= 0.6 is 0 Å². The fraction of sp³-hybridized carbons (Fsp3) is 0.632. The molecular weight excluding hydrogens is 394 g/mol. The highest BCUT2D eigenvalue weighted by molar-refractivity contribution is 7.89. The summed E-state index contributed by atoms with van der Waals surface area (Å²) in [5, 5.41) is -0.550. The smallest absolute Gasteiger partial charge is 0.410 e. The molecule has 1 amide bonds. The van der Waals surface area contributed by atoms with E-state index in [-0.39, 0.29) is 19.0 Å². The number of likely N-dealkylation sites (tertiary alicyclic amines) is 1. The topological polar surface area (TPSA) is 108 Å². The Kier molecular flexibility index (Phi) is 5.02. The summed E-state index contributed by atoms with van der Waals surface area (Å²) in [6.45, 7) is 6.71. The molecule has 0 radical (unpaired) electrons. The maximum absolute atomic E-state index is 12.9. The number of sulfonamides is 1. The number of fused-ring (bicyclic) bond motifs is 1. The molecule has 2 aromatic rings. The van der Waals surface area contributed by atoms with Crippen molar-refractivity contribution in [3.63, 3.8) is 0 Å². The quantitative estimate of drug-likeness (QED) is 0.813. The maximum Gasteiger partial charge on any atom is 0.410 e. The van der Waals surface area contributed by atoms with E-state index in [1.54, 1.807) is 37.5 Å². The molecule has 4 rings (SSSR count). The van der Waals surface area contributed by atoms with Crippen LogP contribution in [-0.2, 0) is 14.8 Å². The first-order valence-corrected chi connectivity index (χ1v) is 11.4. The number of nitrogens with zero attached hydrogens (tertiary/aromatic N) is 4. The predicted molar refractivity (Wildman–Crippen MR) is 108 cm³/mol. The van der Waals surface area contributed by atoms with Crippen LogP contribution in [-0.4, -0.2) is 75.7 Å². The van der Waals surface area contributed by atoms with Crippen molar-refractivity contribution in [2.75, 3.05) is 26.2 Å². The number of nitrogens with one attached hydrogen (secondary N) is 1. The van der Waals surface area contributed by atoms with Crippen LogP contribution in [0.15, 0.2) is 18.6 Å². The van der Waals surface area contributed by atoms with Crippen LogP contribution in [0.25, 0.3) is 11.2 Å². The van der Waals surface area contributed by atoms with Crippen LogP contribution in [0.2, 0.25) is 0 Å². The van der Waals surface area contributed by atoms with Gasteiger partial charge >= 0.3 is 6.09 Å². The van der Waals surface area contributed by atoms with Crippen LogP contribution < -0.4 is 0 Å². The second-order valence-corrected chi connectivity index (χ2v) is 10.9. The molecule has 0 bridgehead atoms. The van der Waals surface area contributed by atoms with E-state index in [4.69, 9.17) is 4.74 Å². The highest BCUT2D eigenvalue weighted by Crippen LogP contribution is 2.34. The number of carbonyl (C=O) groups excluding carboxylic acids is 1. The minimum atomic E-state index is -3.42. The van der Waals surface area contributed by atoms with Gasteiger partial charge in [0.25, 0.3) is 0 Å². The monoisotopic (exact) mass is 421 g/mol. The minimum Gasteiger partial charge on any atom is -0.444 e. The molecule has 10 heteroatoms. The number of H-pyrrole nitrogens is 1. The third-order valence-corrected chi connectivity index (χ3v) is 7.74. The summed E-state index contributed by atoms with van der Waals surface area (Å²) in [4.78, 5) is 25.3. The van der Waals surface area contributed by atoms with E-state index in [9.17, 15) is 13.2 Å². The lowest BCUT2D eigenvalue weighted by molar-refractivity contribution is 0.0135. The van der Waals surface area contributed by atoms with E-state index in [0.717, 1.165) is 29.6 Å². The number of aromatic amines is 1. The molecule has 4 heterocycles. The third-order valence-electron chi connectivity index (χ3n) is 5.51. The zero-order valence-electron chi connectivity index (χ0n) is 17.0. The van der Waals surface area contributed by atoms with Gasteiger partial charge in [-0.15, -0.1) is 0 Å². The number of ether oxygens (including phenoxy) is 1. The van der Waals surface area contributed by atoms with Crippen molar-refractivity contribution in [2.24, 2.45) is 0 Å². The van der Waals surface area contributed by atoms with Crippen LogP contribution in [0, 0.1) is 0 Å². The Morgan fingerprint density at radius 1 is 1.17 bits per heavy atom. The molecule has 0 atom stereocenters. The molecule has 2 aromatic heterocycles. The average molecular weight is 422 g/mol. The van der Waals surface area contributed by atoms with E-state index in [1.807, 2.05) is 6.20 Å². The summed E-state index contributed by atoms with van der Waals surface area (Å²) < 4.78 is 32.8. The molecule has 2 aliphatic heterocycles. The molecule has 2 saturated heterocycles. The molecule has 2 fully saturated rings. The van der Waals surface area contributed by atoms with Gasteiger partial charge in [-0.25, -0.2) is 22.5 Å². The molecule has 0 aromatic carbocycles. The van der Waals surface area contributed by atoms with Crippen LogP contribution in [0.4, 0.5) is 4.79 Å². The van der Waals surface area contributed by atoms with Crippen LogP contribution in [0.3, 0.4) is 0 Å². The summed E-state index contributed by atoms with van der Waals surface area (Å²) in [6, 6.07) is 0. The number of piperidine rings is 1. The lowest BCUT2D eigenvalue weighted by Gasteiger charge is -2.42. The highest BCUT2D eigenvalue weighted by Gasteiger charge is 2.44. The van der Waals surface area contributed by atoms with Crippen molar-refractivity contribution in [3.05, 3.63) is 24.2 Å². The summed E-state index contributed by atoms with van der Waals surface area (Å²) in [7, 11) is -3.42. The Labute approximate surface area is 170 Å². The van der Waals surface area contributed by atoms with E-state index >= 15 is 0 Å². The Hall–Kier alpha value is -2.20. The number of carbonyl (C=O) groups is 1. The number of hydrogen-bond acceptors (Lipinski definition) is 6. The van der Waals surface area contributed by atoms with E-state index in [2.05, 4.69) is 15.0 Å². The number of rotatable bonds is 3. The van der Waals surface area contributed by atoms with Crippen LogP contribution in [0.5, 0.6) is 0 Å². The largest absolute Gasteiger partial charge is 0.444 e. The second kappa shape index (κ2) is 7.24. The summed E-state index contributed by atoms with van der Waals surface area (Å²) >= 11 is 0. The maximum atomic E-state index is 12.9. The average Bonchev–Trinajstić information content (AvgIpc) is 3.03. The van der Waals surface area contributed by atoms with Crippen LogP contribution in [0.1, 0.15) is 45.1 Å². The molecule has 0 spiro atoms. The van der Waals surface area contributed by atoms with Gasteiger partial charge in [-0.1, -0.05) is 0 Å². The van der Waals surface area contributed by atoms with Crippen molar-refractivity contribution in [1.82, 2.24) is 24.2 Å². The van der Waals surface area contributed by atoms with Crippen molar-refractivity contribution in [3.8, 4) is 0 Å².